The topological polar surface area (TPSA) is 108 Å². The Morgan fingerprint density at radius 3 is 2.60 bits per heavy atom. The van der Waals surface area contributed by atoms with Gasteiger partial charge in [-0.05, 0) is 12.1 Å². The highest BCUT2D eigenvalue weighted by molar-refractivity contribution is 7.90. The van der Waals surface area contributed by atoms with Crippen LogP contribution in [-0.4, -0.2) is 35.3 Å². The smallest absolute Gasteiger partial charge is 0.267 e. The summed E-state index contributed by atoms with van der Waals surface area (Å²) in [5.74, 6) is -1.42. The second kappa shape index (κ2) is 5.00. The molecule has 1 heterocycles. The van der Waals surface area contributed by atoms with Crippen molar-refractivity contribution in [2.45, 2.75) is 11.7 Å². The highest BCUT2D eigenvalue weighted by Crippen LogP contribution is 2.21. The van der Waals surface area contributed by atoms with E-state index < -0.39 is 33.3 Å². The van der Waals surface area contributed by atoms with Crippen LogP contribution in [-0.2, 0) is 21.2 Å². The molecule has 0 spiro atoms. The predicted octanol–water partition coefficient (Wildman–Crippen LogP) is -0.0270. The third-order valence-corrected chi connectivity index (χ3v) is 3.24. The third kappa shape index (κ3) is 2.82. The SMILES string of the molecule is CS(=O)(=O)c1nc(-c2ccccc2F)n(CC(N)=O)n1. The summed E-state index contributed by atoms with van der Waals surface area (Å²) in [5, 5.41) is 3.20. The molecule has 0 saturated heterocycles. The summed E-state index contributed by atoms with van der Waals surface area (Å²) in [5.41, 5.74) is 5.10. The number of hydrogen-bond donors (Lipinski definition) is 1. The number of halogens is 1. The van der Waals surface area contributed by atoms with Crippen LogP contribution in [0.25, 0.3) is 11.4 Å². The Hall–Kier alpha value is -2.29. The molecule has 9 heteroatoms. The van der Waals surface area contributed by atoms with Gasteiger partial charge in [0.15, 0.2) is 5.82 Å². The molecule has 0 bridgehead atoms. The molecule has 2 aromatic rings. The zero-order valence-electron chi connectivity index (χ0n) is 10.4. The van der Waals surface area contributed by atoms with Crippen molar-refractivity contribution in [2.75, 3.05) is 6.26 Å². The van der Waals surface area contributed by atoms with E-state index >= 15 is 0 Å². The fraction of sp³-hybridized carbons (Fsp3) is 0.182. The van der Waals surface area contributed by atoms with E-state index in [0.29, 0.717) is 0 Å². The number of primary amides is 1. The first kappa shape index (κ1) is 14.1. The van der Waals surface area contributed by atoms with E-state index in [4.69, 9.17) is 5.73 Å². The van der Waals surface area contributed by atoms with E-state index in [1.807, 2.05) is 0 Å². The molecule has 106 valence electrons. The Bertz CT molecular complexity index is 770. The van der Waals surface area contributed by atoms with Crippen LogP contribution in [0.15, 0.2) is 29.4 Å². The third-order valence-electron chi connectivity index (χ3n) is 2.40. The van der Waals surface area contributed by atoms with Crippen molar-refractivity contribution < 1.29 is 17.6 Å². The molecular formula is C11H11FN4O3S. The van der Waals surface area contributed by atoms with Crippen LogP contribution in [0.5, 0.6) is 0 Å². The van der Waals surface area contributed by atoms with Crippen LogP contribution in [0.2, 0.25) is 0 Å². The van der Waals surface area contributed by atoms with Gasteiger partial charge in [-0.1, -0.05) is 12.1 Å². The molecule has 1 amide bonds. The molecule has 7 nitrogen and oxygen atoms in total. The summed E-state index contributed by atoms with van der Waals surface area (Å²) in [6, 6.07) is 5.63. The fourth-order valence-corrected chi connectivity index (χ4v) is 2.08. The number of aromatic nitrogens is 3. The summed E-state index contributed by atoms with van der Waals surface area (Å²) in [7, 11) is -3.68. The van der Waals surface area contributed by atoms with Crippen molar-refractivity contribution in [3.63, 3.8) is 0 Å². The molecule has 0 atom stereocenters. The second-order valence-electron chi connectivity index (χ2n) is 4.09. The summed E-state index contributed by atoms with van der Waals surface area (Å²) in [6.07, 6.45) is 0.919. The number of carbonyl (C=O) groups is 1. The molecule has 20 heavy (non-hydrogen) atoms. The monoisotopic (exact) mass is 298 g/mol. The lowest BCUT2D eigenvalue weighted by Gasteiger charge is -2.04. The van der Waals surface area contributed by atoms with Gasteiger partial charge >= 0.3 is 0 Å². The highest BCUT2D eigenvalue weighted by Gasteiger charge is 2.21. The molecule has 0 saturated carbocycles. The van der Waals surface area contributed by atoms with Gasteiger partial charge in [0.05, 0.1) is 5.56 Å². The van der Waals surface area contributed by atoms with Gasteiger partial charge in [-0.15, -0.1) is 5.10 Å². The molecule has 0 aliphatic carbocycles. The number of rotatable bonds is 4. The molecule has 2 rings (SSSR count). The molecule has 1 aromatic carbocycles. The predicted molar refractivity (Wildman–Crippen MR) is 67.7 cm³/mol. The molecule has 0 fully saturated rings. The molecule has 0 radical (unpaired) electrons. The number of carbonyl (C=O) groups excluding carboxylic acids is 1. The van der Waals surface area contributed by atoms with Crippen molar-refractivity contribution in [3.8, 4) is 11.4 Å². The Balaban J connectivity index is 2.65. The zero-order valence-corrected chi connectivity index (χ0v) is 11.3. The minimum absolute atomic E-state index is 0.0381. The standard InChI is InChI=1S/C11H11FN4O3S/c1-20(18,19)11-14-10(16(15-11)6-9(13)17)7-4-2-3-5-8(7)12/h2-5H,6H2,1H3,(H2,13,17). The molecule has 0 unspecified atom stereocenters. The van der Waals surface area contributed by atoms with E-state index in [2.05, 4.69) is 10.1 Å². The number of nitrogens with two attached hydrogens (primary N) is 1. The van der Waals surface area contributed by atoms with Gasteiger partial charge in [-0.25, -0.2) is 17.5 Å². The second-order valence-corrected chi connectivity index (χ2v) is 6.00. The lowest BCUT2D eigenvalue weighted by atomic mass is 10.2. The Labute approximate surface area is 114 Å². The average molecular weight is 298 g/mol. The van der Waals surface area contributed by atoms with Crippen LogP contribution < -0.4 is 5.73 Å². The lowest BCUT2D eigenvalue weighted by molar-refractivity contribution is -0.118. The first-order valence-corrected chi connectivity index (χ1v) is 7.36. The van der Waals surface area contributed by atoms with Crippen molar-refractivity contribution in [3.05, 3.63) is 30.1 Å². The minimum atomic E-state index is -3.68. The number of amides is 1. The number of benzene rings is 1. The quantitative estimate of drug-likeness (QED) is 0.853. The van der Waals surface area contributed by atoms with Crippen molar-refractivity contribution >= 4 is 15.7 Å². The molecular weight excluding hydrogens is 287 g/mol. The molecule has 0 aliphatic rings. The summed E-state index contributed by atoms with van der Waals surface area (Å²) in [6.45, 7) is -0.397. The highest BCUT2D eigenvalue weighted by atomic mass is 32.2. The normalized spacial score (nSPS) is 11.5. The van der Waals surface area contributed by atoms with Gasteiger partial charge in [-0.2, -0.15) is 4.98 Å². The maximum absolute atomic E-state index is 13.8. The summed E-state index contributed by atoms with van der Waals surface area (Å²) < 4.78 is 37.6. The molecule has 1 aromatic heterocycles. The number of nitrogens with zero attached hydrogens (tertiary/aromatic N) is 3. The van der Waals surface area contributed by atoms with Crippen LogP contribution in [0, 0.1) is 5.82 Å². The van der Waals surface area contributed by atoms with Crippen molar-refractivity contribution in [2.24, 2.45) is 5.73 Å². The summed E-state index contributed by atoms with van der Waals surface area (Å²) in [4.78, 5) is 14.8. The zero-order chi connectivity index (χ0) is 14.9. The minimum Gasteiger partial charge on any atom is -0.368 e. The molecule has 0 aliphatic heterocycles. The van der Waals surface area contributed by atoms with Gasteiger partial charge < -0.3 is 5.73 Å². The Morgan fingerprint density at radius 2 is 2.05 bits per heavy atom. The summed E-state index contributed by atoms with van der Waals surface area (Å²) >= 11 is 0. The van der Waals surface area contributed by atoms with E-state index in [0.717, 1.165) is 10.9 Å². The van der Waals surface area contributed by atoms with Crippen LogP contribution in [0.4, 0.5) is 4.39 Å². The van der Waals surface area contributed by atoms with Gasteiger partial charge in [-0.3, -0.25) is 4.79 Å². The van der Waals surface area contributed by atoms with Crippen LogP contribution in [0.3, 0.4) is 0 Å². The van der Waals surface area contributed by atoms with E-state index in [9.17, 15) is 17.6 Å². The largest absolute Gasteiger partial charge is 0.368 e. The first-order valence-electron chi connectivity index (χ1n) is 5.47. The van der Waals surface area contributed by atoms with E-state index in [-0.39, 0.29) is 11.4 Å². The Morgan fingerprint density at radius 1 is 1.40 bits per heavy atom. The van der Waals surface area contributed by atoms with Crippen LogP contribution >= 0.6 is 0 Å². The van der Waals surface area contributed by atoms with Gasteiger partial charge in [0.1, 0.15) is 12.4 Å². The maximum atomic E-state index is 13.8. The van der Waals surface area contributed by atoms with Gasteiger partial charge in [0.25, 0.3) is 5.16 Å². The van der Waals surface area contributed by atoms with Gasteiger partial charge in [0, 0.05) is 6.26 Å². The number of hydrogen-bond acceptors (Lipinski definition) is 5. The molecule has 2 N–H and O–H groups in total. The average Bonchev–Trinajstić information content (AvgIpc) is 2.72. The van der Waals surface area contributed by atoms with Crippen LogP contribution in [0.1, 0.15) is 0 Å². The van der Waals surface area contributed by atoms with Crippen molar-refractivity contribution in [1.82, 2.24) is 14.8 Å². The van der Waals surface area contributed by atoms with Gasteiger partial charge in [0.2, 0.25) is 15.7 Å². The lowest BCUT2D eigenvalue weighted by Crippen LogP contribution is -2.20. The fourth-order valence-electron chi connectivity index (χ4n) is 1.58. The van der Waals surface area contributed by atoms with Crippen molar-refractivity contribution in [1.29, 1.82) is 0 Å². The number of sulfone groups is 1. The first-order chi connectivity index (χ1) is 9.29. The van der Waals surface area contributed by atoms with E-state index in [1.165, 1.54) is 18.2 Å². The maximum Gasteiger partial charge on any atom is 0.267 e. The Kier molecular flexibility index (Phi) is 3.53. The van der Waals surface area contributed by atoms with E-state index in [1.54, 1.807) is 6.07 Å².